The topological polar surface area (TPSA) is 78.9 Å². The fourth-order valence-electron chi connectivity index (χ4n) is 11.2. The van der Waals surface area contributed by atoms with Crippen molar-refractivity contribution in [3.63, 3.8) is 0 Å². The van der Waals surface area contributed by atoms with Crippen molar-refractivity contribution < 1.29 is 28.6 Å². The largest absolute Gasteiger partial charge is 0.462 e. The van der Waals surface area contributed by atoms with E-state index in [0.29, 0.717) is 19.3 Å². The second kappa shape index (κ2) is 71.8. The van der Waals surface area contributed by atoms with Gasteiger partial charge >= 0.3 is 17.9 Å². The summed E-state index contributed by atoms with van der Waals surface area (Å²) in [6.45, 7) is 6.68. The molecule has 0 saturated heterocycles. The zero-order valence-corrected chi connectivity index (χ0v) is 56.0. The molecule has 0 aromatic carbocycles. The molecule has 1 atom stereocenters. The molecule has 486 valence electrons. The number of unbranched alkanes of at least 4 members (excludes halogenated alkanes) is 50. The van der Waals surface area contributed by atoms with Crippen LogP contribution in [0.3, 0.4) is 0 Å². The van der Waals surface area contributed by atoms with Gasteiger partial charge in [-0.25, -0.2) is 0 Å². The highest BCUT2D eigenvalue weighted by atomic mass is 16.6. The summed E-state index contributed by atoms with van der Waals surface area (Å²) in [6, 6.07) is 0. The van der Waals surface area contributed by atoms with Crippen LogP contribution in [0.25, 0.3) is 0 Å². The minimum absolute atomic E-state index is 0.0771. The van der Waals surface area contributed by atoms with Crippen LogP contribution in [0.15, 0.2) is 48.6 Å². The lowest BCUT2D eigenvalue weighted by atomic mass is 10.0. The lowest BCUT2D eigenvalue weighted by Gasteiger charge is -2.18. The monoisotopic (exact) mass is 1160 g/mol. The number of carbonyl (C=O) groups is 3. The van der Waals surface area contributed by atoms with Crippen LogP contribution in [0.1, 0.15) is 406 Å². The Morgan fingerprint density at radius 3 is 0.687 bits per heavy atom. The molecule has 0 bridgehead atoms. The van der Waals surface area contributed by atoms with Crippen LogP contribution >= 0.6 is 0 Å². The molecule has 0 radical (unpaired) electrons. The molecule has 0 amide bonds. The highest BCUT2D eigenvalue weighted by Gasteiger charge is 2.19. The molecule has 0 saturated carbocycles. The van der Waals surface area contributed by atoms with Crippen molar-refractivity contribution in [3.05, 3.63) is 48.6 Å². The number of rotatable bonds is 69. The van der Waals surface area contributed by atoms with E-state index in [1.165, 1.54) is 283 Å². The minimum atomic E-state index is -0.784. The smallest absolute Gasteiger partial charge is 0.306 e. The molecule has 0 rings (SSSR count). The van der Waals surface area contributed by atoms with Gasteiger partial charge in [0.1, 0.15) is 13.2 Å². The van der Waals surface area contributed by atoms with E-state index in [-0.39, 0.29) is 31.1 Å². The molecule has 0 aliphatic rings. The summed E-state index contributed by atoms with van der Waals surface area (Å²) >= 11 is 0. The first-order chi connectivity index (χ1) is 41.0. The van der Waals surface area contributed by atoms with Crippen molar-refractivity contribution >= 4 is 17.9 Å². The van der Waals surface area contributed by atoms with Crippen LogP contribution in [0.2, 0.25) is 0 Å². The second-order valence-corrected chi connectivity index (χ2v) is 25.2. The van der Waals surface area contributed by atoms with Crippen LogP contribution in [0.4, 0.5) is 0 Å². The van der Waals surface area contributed by atoms with Gasteiger partial charge < -0.3 is 14.2 Å². The van der Waals surface area contributed by atoms with Crippen LogP contribution in [0.5, 0.6) is 0 Å². The highest BCUT2D eigenvalue weighted by molar-refractivity contribution is 5.71. The Morgan fingerprint density at radius 1 is 0.241 bits per heavy atom. The maximum atomic E-state index is 13.0. The Labute approximate surface area is 518 Å². The Bertz CT molecular complexity index is 1430. The zero-order valence-electron chi connectivity index (χ0n) is 56.0. The summed E-state index contributed by atoms with van der Waals surface area (Å²) in [6.07, 6.45) is 91.5. The first-order valence-corrected chi connectivity index (χ1v) is 37.1. The Hall–Kier alpha value is -2.63. The van der Waals surface area contributed by atoms with E-state index in [9.17, 15) is 14.4 Å². The van der Waals surface area contributed by atoms with Crippen LogP contribution in [-0.2, 0) is 28.6 Å². The lowest BCUT2D eigenvalue weighted by Crippen LogP contribution is -2.30. The number of hydrogen-bond donors (Lipinski definition) is 0. The van der Waals surface area contributed by atoms with E-state index in [2.05, 4.69) is 69.4 Å². The summed E-state index contributed by atoms with van der Waals surface area (Å²) in [5, 5.41) is 0. The van der Waals surface area contributed by atoms with Gasteiger partial charge in [0.15, 0.2) is 6.10 Å². The summed E-state index contributed by atoms with van der Waals surface area (Å²) in [5.74, 6) is -0.871. The van der Waals surface area contributed by atoms with E-state index >= 15 is 0 Å². The van der Waals surface area contributed by atoms with Crippen molar-refractivity contribution in [1.29, 1.82) is 0 Å². The molecule has 6 heteroatoms. The number of carbonyl (C=O) groups excluding carboxylic acids is 3. The maximum Gasteiger partial charge on any atom is 0.306 e. The van der Waals surface area contributed by atoms with Crippen molar-refractivity contribution in [2.24, 2.45) is 0 Å². The van der Waals surface area contributed by atoms with Gasteiger partial charge in [-0.05, 0) is 83.5 Å². The number of esters is 3. The van der Waals surface area contributed by atoms with Crippen molar-refractivity contribution in [2.45, 2.75) is 412 Å². The first-order valence-electron chi connectivity index (χ1n) is 37.1. The predicted octanol–water partition coefficient (Wildman–Crippen LogP) is 25.7. The van der Waals surface area contributed by atoms with Gasteiger partial charge in [-0.1, -0.05) is 352 Å². The number of ether oxygens (including phenoxy) is 3. The van der Waals surface area contributed by atoms with Crippen LogP contribution in [-0.4, -0.2) is 37.2 Å². The summed E-state index contributed by atoms with van der Waals surface area (Å²) in [5.41, 5.74) is 0. The molecule has 6 nitrogen and oxygen atoms in total. The summed E-state index contributed by atoms with van der Waals surface area (Å²) < 4.78 is 17.0. The molecule has 0 spiro atoms. The van der Waals surface area contributed by atoms with E-state index in [0.717, 1.165) is 83.5 Å². The first kappa shape index (κ1) is 80.4. The summed E-state index contributed by atoms with van der Waals surface area (Å²) in [4.78, 5) is 38.5. The molecular formula is C77H142O6. The van der Waals surface area contributed by atoms with E-state index in [1.54, 1.807) is 0 Å². The molecule has 83 heavy (non-hydrogen) atoms. The summed E-state index contributed by atoms with van der Waals surface area (Å²) in [7, 11) is 0. The van der Waals surface area contributed by atoms with Gasteiger partial charge in [-0.15, -0.1) is 0 Å². The van der Waals surface area contributed by atoms with E-state index < -0.39 is 6.10 Å². The Kier molecular flexibility index (Phi) is 69.6. The Balaban J connectivity index is 4.27. The Morgan fingerprint density at radius 2 is 0.434 bits per heavy atom. The quantitative estimate of drug-likeness (QED) is 0.0261. The van der Waals surface area contributed by atoms with Crippen molar-refractivity contribution in [1.82, 2.24) is 0 Å². The van der Waals surface area contributed by atoms with Crippen molar-refractivity contribution in [3.8, 4) is 0 Å². The van der Waals surface area contributed by atoms with E-state index in [1.807, 2.05) is 0 Å². The third kappa shape index (κ3) is 70.0. The van der Waals surface area contributed by atoms with Gasteiger partial charge in [-0.2, -0.15) is 0 Å². The molecule has 0 aliphatic carbocycles. The zero-order chi connectivity index (χ0) is 59.9. The third-order valence-corrected chi connectivity index (χ3v) is 16.8. The molecule has 1 unspecified atom stereocenters. The molecular weight excluding hydrogens is 1020 g/mol. The fraction of sp³-hybridized carbons (Fsp3) is 0.857. The number of hydrogen-bond acceptors (Lipinski definition) is 6. The molecule has 0 N–H and O–H groups in total. The minimum Gasteiger partial charge on any atom is -0.462 e. The standard InChI is InChI=1S/C77H142O6/c1-4-7-10-13-16-19-22-25-28-31-33-35-36-37-38-39-40-41-43-44-46-49-52-55-58-61-64-67-70-76(79)82-73-74(72-81-75(78)69-66-63-60-57-54-51-48-30-27-24-21-18-15-12-9-6-3)83-77(80)71-68-65-62-59-56-53-50-47-45-42-34-32-29-26-23-20-17-14-11-8-5-2/h23,26,30,32,34,45,47-48,74H,4-22,24-25,27-29,31,33,35-44,46,49-73H2,1-3H3/b26-23-,34-32-,47-45-,48-30-. The fourth-order valence-corrected chi connectivity index (χ4v) is 11.2. The van der Waals surface area contributed by atoms with Crippen LogP contribution < -0.4 is 0 Å². The second-order valence-electron chi connectivity index (χ2n) is 25.2. The molecule has 0 heterocycles. The molecule has 0 aromatic heterocycles. The van der Waals surface area contributed by atoms with Gasteiger partial charge in [0.25, 0.3) is 0 Å². The van der Waals surface area contributed by atoms with Gasteiger partial charge in [0.2, 0.25) is 0 Å². The average Bonchev–Trinajstić information content (AvgIpc) is 3.50. The van der Waals surface area contributed by atoms with E-state index in [4.69, 9.17) is 14.2 Å². The number of allylic oxidation sites excluding steroid dienone is 8. The van der Waals surface area contributed by atoms with Crippen molar-refractivity contribution in [2.75, 3.05) is 13.2 Å². The molecule has 0 fully saturated rings. The third-order valence-electron chi connectivity index (χ3n) is 16.8. The normalized spacial score (nSPS) is 12.3. The highest BCUT2D eigenvalue weighted by Crippen LogP contribution is 2.19. The van der Waals surface area contributed by atoms with Crippen LogP contribution in [0, 0.1) is 0 Å². The lowest BCUT2D eigenvalue weighted by molar-refractivity contribution is -0.167. The predicted molar refractivity (Wildman–Crippen MR) is 362 cm³/mol. The average molecular weight is 1160 g/mol. The molecule has 0 aliphatic heterocycles. The van der Waals surface area contributed by atoms with Gasteiger partial charge in [-0.3, -0.25) is 14.4 Å². The molecule has 0 aromatic rings. The van der Waals surface area contributed by atoms with Gasteiger partial charge in [0.05, 0.1) is 0 Å². The van der Waals surface area contributed by atoms with Gasteiger partial charge in [0, 0.05) is 19.3 Å². The SMILES string of the molecule is CCCCCCC/C=C\C/C=C\C/C=C\CCCCCCCCC(=O)OC(COC(=O)CCCCCCC/C=C\CCCCCCCCC)COC(=O)CCCCCCCCCCCCCCCCCCCCCCCCCCCCCC. The maximum absolute atomic E-state index is 13.0.